The number of aliphatic hydroxyl groups excluding tert-OH is 2. The Morgan fingerprint density at radius 3 is 2.69 bits per heavy atom. The molecule has 2 saturated heterocycles. The van der Waals surface area contributed by atoms with Gasteiger partial charge in [0.2, 0.25) is 0 Å². The van der Waals surface area contributed by atoms with E-state index in [1.165, 1.54) is 4.90 Å². The van der Waals surface area contributed by atoms with Gasteiger partial charge in [-0.2, -0.15) is 0 Å². The van der Waals surface area contributed by atoms with Crippen LogP contribution in [-0.4, -0.2) is 52.1 Å². The number of ether oxygens (including phenoxy) is 1. The zero-order valence-electron chi connectivity index (χ0n) is 13.8. The molecule has 7 heteroatoms. The summed E-state index contributed by atoms with van der Waals surface area (Å²) >= 11 is 0. The molecule has 0 radical (unpaired) electrons. The van der Waals surface area contributed by atoms with Crippen molar-refractivity contribution < 1.29 is 24.5 Å². The van der Waals surface area contributed by atoms with E-state index in [-0.39, 0.29) is 18.7 Å². The second kappa shape index (κ2) is 6.53. The number of carbonyl (C=O) groups is 2. The van der Waals surface area contributed by atoms with Crippen LogP contribution in [0.3, 0.4) is 0 Å². The van der Waals surface area contributed by atoms with Crippen molar-refractivity contribution in [2.45, 2.75) is 24.9 Å². The van der Waals surface area contributed by atoms with Crippen LogP contribution in [0.1, 0.15) is 12.0 Å². The van der Waals surface area contributed by atoms with Gasteiger partial charge in [-0.05, 0) is 28.5 Å². The Kier molecular flexibility index (Phi) is 4.20. The predicted molar refractivity (Wildman–Crippen MR) is 93.7 cm³/mol. The summed E-state index contributed by atoms with van der Waals surface area (Å²) in [4.78, 5) is 25.7. The van der Waals surface area contributed by atoms with Crippen LogP contribution in [0, 0.1) is 0 Å². The first-order chi connectivity index (χ1) is 12.6. The normalized spacial score (nSPS) is 27.5. The number of amides is 3. The van der Waals surface area contributed by atoms with E-state index < -0.39 is 30.4 Å². The highest BCUT2D eigenvalue weighted by Crippen LogP contribution is 2.29. The molecule has 134 valence electrons. The standard InChI is InChI=1S/C19H18N2O5/c22-10-16-15(23)9-17(26-16)21-14(18(24)20-19(21)25)8-11-5-6-12-3-1-2-4-13(12)7-11/h1-8,15-17,22-23H,9-10H2,(H,20,24,25)/b14-8-/t15-,16+,17+/m0/s1. The first-order valence-corrected chi connectivity index (χ1v) is 8.36. The number of carbonyl (C=O) groups excluding carboxylic acids is 2. The Morgan fingerprint density at radius 2 is 1.96 bits per heavy atom. The molecule has 2 aliphatic heterocycles. The molecule has 3 amide bonds. The number of hydrogen-bond donors (Lipinski definition) is 3. The van der Waals surface area contributed by atoms with Crippen molar-refractivity contribution in [3.8, 4) is 0 Å². The zero-order valence-corrected chi connectivity index (χ0v) is 13.8. The molecule has 2 fully saturated rings. The van der Waals surface area contributed by atoms with E-state index >= 15 is 0 Å². The lowest BCUT2D eigenvalue weighted by Gasteiger charge is -2.22. The van der Waals surface area contributed by atoms with E-state index in [1.807, 2.05) is 42.5 Å². The molecule has 0 unspecified atom stereocenters. The lowest BCUT2D eigenvalue weighted by atomic mass is 10.1. The molecule has 2 heterocycles. The molecule has 0 bridgehead atoms. The topological polar surface area (TPSA) is 99.1 Å². The number of urea groups is 1. The van der Waals surface area contributed by atoms with Crippen LogP contribution in [0.4, 0.5) is 4.79 Å². The fourth-order valence-electron chi connectivity index (χ4n) is 3.35. The molecule has 0 aliphatic carbocycles. The third-order valence-electron chi connectivity index (χ3n) is 4.68. The van der Waals surface area contributed by atoms with E-state index in [0.29, 0.717) is 0 Å². The minimum absolute atomic E-state index is 0.126. The number of imide groups is 1. The van der Waals surface area contributed by atoms with Gasteiger partial charge in [-0.15, -0.1) is 0 Å². The molecule has 0 aromatic heterocycles. The van der Waals surface area contributed by atoms with Crippen molar-refractivity contribution in [3.63, 3.8) is 0 Å². The van der Waals surface area contributed by atoms with Gasteiger partial charge in [0.25, 0.3) is 5.91 Å². The maximum Gasteiger partial charge on any atom is 0.331 e. The molecule has 7 nitrogen and oxygen atoms in total. The van der Waals surface area contributed by atoms with Gasteiger partial charge in [0.15, 0.2) is 0 Å². The smallest absolute Gasteiger partial charge is 0.331 e. The van der Waals surface area contributed by atoms with Gasteiger partial charge in [0.05, 0.1) is 12.7 Å². The highest BCUT2D eigenvalue weighted by Gasteiger charge is 2.45. The van der Waals surface area contributed by atoms with Crippen LogP contribution < -0.4 is 5.32 Å². The molecule has 3 atom stereocenters. The van der Waals surface area contributed by atoms with Gasteiger partial charge in [0, 0.05) is 6.42 Å². The second-order valence-corrected chi connectivity index (χ2v) is 6.38. The highest BCUT2D eigenvalue weighted by atomic mass is 16.5. The third kappa shape index (κ3) is 2.86. The first-order valence-electron chi connectivity index (χ1n) is 8.36. The lowest BCUT2D eigenvalue weighted by Crippen LogP contribution is -2.37. The van der Waals surface area contributed by atoms with Crippen LogP contribution in [0.25, 0.3) is 16.8 Å². The van der Waals surface area contributed by atoms with Gasteiger partial charge in [0.1, 0.15) is 18.0 Å². The van der Waals surface area contributed by atoms with Gasteiger partial charge in [-0.25, -0.2) is 4.79 Å². The van der Waals surface area contributed by atoms with Crippen LogP contribution in [0.15, 0.2) is 48.2 Å². The maximum atomic E-state index is 12.2. The Balaban J connectivity index is 1.68. The predicted octanol–water partition coefficient (Wildman–Crippen LogP) is 1.20. The molecule has 0 spiro atoms. The summed E-state index contributed by atoms with van der Waals surface area (Å²) in [6, 6.07) is 13.0. The first kappa shape index (κ1) is 16.7. The molecule has 3 N–H and O–H groups in total. The maximum absolute atomic E-state index is 12.2. The minimum Gasteiger partial charge on any atom is -0.394 e. The number of fused-ring (bicyclic) bond motifs is 1. The van der Waals surface area contributed by atoms with Crippen molar-refractivity contribution >= 4 is 28.8 Å². The molecule has 2 aromatic rings. The van der Waals surface area contributed by atoms with E-state index in [2.05, 4.69) is 5.32 Å². The Bertz CT molecular complexity index is 910. The Hall–Kier alpha value is -2.74. The summed E-state index contributed by atoms with van der Waals surface area (Å²) in [7, 11) is 0. The summed E-state index contributed by atoms with van der Waals surface area (Å²) in [6.45, 7) is -0.356. The van der Waals surface area contributed by atoms with E-state index in [9.17, 15) is 19.8 Å². The molecule has 26 heavy (non-hydrogen) atoms. The monoisotopic (exact) mass is 354 g/mol. The van der Waals surface area contributed by atoms with Gasteiger partial charge in [-0.1, -0.05) is 36.4 Å². The number of hydrogen-bond acceptors (Lipinski definition) is 5. The molecule has 4 rings (SSSR count). The van der Waals surface area contributed by atoms with Crippen molar-refractivity contribution in [2.24, 2.45) is 0 Å². The average molecular weight is 354 g/mol. The van der Waals surface area contributed by atoms with Gasteiger partial charge >= 0.3 is 6.03 Å². The molecular weight excluding hydrogens is 336 g/mol. The largest absolute Gasteiger partial charge is 0.394 e. The number of nitrogens with one attached hydrogen (secondary N) is 1. The van der Waals surface area contributed by atoms with Crippen LogP contribution in [-0.2, 0) is 9.53 Å². The quantitative estimate of drug-likeness (QED) is 0.568. The summed E-state index contributed by atoms with van der Waals surface area (Å²) in [5, 5.41) is 23.5. The summed E-state index contributed by atoms with van der Waals surface area (Å²) < 4.78 is 5.54. The second-order valence-electron chi connectivity index (χ2n) is 6.38. The van der Waals surface area contributed by atoms with E-state index in [4.69, 9.17) is 4.74 Å². The van der Waals surface area contributed by atoms with Gasteiger partial charge in [-0.3, -0.25) is 15.0 Å². The van der Waals surface area contributed by atoms with Gasteiger partial charge < -0.3 is 14.9 Å². The van der Waals surface area contributed by atoms with E-state index in [1.54, 1.807) is 6.08 Å². The number of benzene rings is 2. The van der Waals surface area contributed by atoms with Crippen LogP contribution >= 0.6 is 0 Å². The molecule has 2 aromatic carbocycles. The zero-order chi connectivity index (χ0) is 18.3. The highest BCUT2D eigenvalue weighted by molar-refractivity contribution is 6.14. The minimum atomic E-state index is -0.893. The van der Waals surface area contributed by atoms with Crippen molar-refractivity contribution in [1.82, 2.24) is 10.2 Å². The Labute approximate surface area is 149 Å². The van der Waals surface area contributed by atoms with Crippen molar-refractivity contribution in [1.29, 1.82) is 0 Å². The number of nitrogens with zero attached hydrogens (tertiary/aromatic N) is 1. The SMILES string of the molecule is O=C1NC(=O)N([C@H]2C[C@H](O)[C@@H](CO)O2)/C1=C\c1ccc2ccccc2c1. The number of aliphatic hydroxyl groups is 2. The van der Waals surface area contributed by atoms with Crippen LogP contribution in [0.2, 0.25) is 0 Å². The molecular formula is C19H18N2O5. The number of rotatable bonds is 3. The molecule has 2 aliphatic rings. The van der Waals surface area contributed by atoms with Crippen molar-refractivity contribution in [2.75, 3.05) is 6.61 Å². The van der Waals surface area contributed by atoms with E-state index in [0.717, 1.165) is 16.3 Å². The summed E-state index contributed by atoms with van der Waals surface area (Å²) in [6.07, 6.45) is -0.725. The molecule has 0 saturated carbocycles. The average Bonchev–Trinajstić information content (AvgIpc) is 3.13. The fourth-order valence-corrected chi connectivity index (χ4v) is 3.35. The van der Waals surface area contributed by atoms with Crippen molar-refractivity contribution in [3.05, 3.63) is 53.7 Å². The summed E-state index contributed by atoms with van der Waals surface area (Å²) in [5.74, 6) is -0.520. The third-order valence-corrected chi connectivity index (χ3v) is 4.68. The van der Waals surface area contributed by atoms with Crippen LogP contribution in [0.5, 0.6) is 0 Å². The summed E-state index contributed by atoms with van der Waals surface area (Å²) in [5.41, 5.74) is 0.923. The lowest BCUT2D eigenvalue weighted by molar-refractivity contribution is -0.116. The fraction of sp³-hybridized carbons (Fsp3) is 0.263. The Morgan fingerprint density at radius 1 is 1.19 bits per heavy atom.